The normalized spacial score (nSPS) is 16.4. The first-order valence-electron chi connectivity index (χ1n) is 4.93. The van der Waals surface area contributed by atoms with Crippen molar-refractivity contribution in [2.75, 3.05) is 0 Å². The predicted octanol–water partition coefficient (Wildman–Crippen LogP) is 2.66. The molecule has 0 aliphatic heterocycles. The van der Waals surface area contributed by atoms with E-state index in [1.807, 2.05) is 6.20 Å². The molecule has 0 saturated heterocycles. The number of H-pyrrole nitrogens is 1. The number of fused-ring (bicyclic) bond motifs is 1. The Morgan fingerprint density at radius 2 is 2.15 bits per heavy atom. The summed E-state index contributed by atoms with van der Waals surface area (Å²) < 4.78 is 0. The number of hydrogen-bond acceptors (Lipinski definition) is 1. The highest BCUT2D eigenvalue weighted by Crippen LogP contribution is 2.28. The summed E-state index contributed by atoms with van der Waals surface area (Å²) in [5.74, 6) is 0.772. The Balaban J connectivity index is 2.50. The van der Waals surface area contributed by atoms with Crippen LogP contribution < -0.4 is 0 Å². The summed E-state index contributed by atoms with van der Waals surface area (Å²) in [5.41, 5.74) is 3.33. The van der Waals surface area contributed by atoms with Gasteiger partial charge in [-0.2, -0.15) is 0 Å². The highest BCUT2D eigenvalue weighted by Gasteiger charge is 2.23. The molecule has 1 aliphatic carbocycles. The summed E-state index contributed by atoms with van der Waals surface area (Å²) in [6.45, 7) is 4.26. The Morgan fingerprint density at radius 3 is 2.85 bits per heavy atom. The summed E-state index contributed by atoms with van der Waals surface area (Å²) >= 11 is 0. The van der Waals surface area contributed by atoms with Gasteiger partial charge in [-0.15, -0.1) is 0 Å². The summed E-state index contributed by atoms with van der Waals surface area (Å²) in [4.78, 5) is 14.9. The van der Waals surface area contributed by atoms with E-state index in [9.17, 15) is 4.79 Å². The van der Waals surface area contributed by atoms with Crippen LogP contribution in [0.4, 0.5) is 0 Å². The largest absolute Gasteiger partial charge is 0.364 e. The van der Waals surface area contributed by atoms with Crippen LogP contribution in [0.3, 0.4) is 0 Å². The van der Waals surface area contributed by atoms with Crippen LogP contribution in [0.15, 0.2) is 6.20 Å². The number of aromatic nitrogens is 1. The van der Waals surface area contributed by atoms with Crippen molar-refractivity contribution in [3.8, 4) is 0 Å². The molecule has 1 aliphatic rings. The van der Waals surface area contributed by atoms with Gasteiger partial charge in [0.15, 0.2) is 5.78 Å². The van der Waals surface area contributed by atoms with E-state index in [1.54, 1.807) is 0 Å². The van der Waals surface area contributed by atoms with Crippen LogP contribution >= 0.6 is 0 Å². The Bertz CT molecular complexity index is 336. The number of aromatic amines is 1. The van der Waals surface area contributed by atoms with Crippen molar-refractivity contribution >= 4 is 5.78 Å². The van der Waals surface area contributed by atoms with Crippen molar-refractivity contribution in [1.29, 1.82) is 0 Å². The van der Waals surface area contributed by atoms with Crippen LogP contribution in [-0.2, 0) is 6.42 Å². The Morgan fingerprint density at radius 1 is 1.38 bits per heavy atom. The van der Waals surface area contributed by atoms with Gasteiger partial charge in [-0.05, 0) is 24.3 Å². The maximum Gasteiger partial charge on any atom is 0.164 e. The number of hydrogen-bond donors (Lipinski definition) is 1. The van der Waals surface area contributed by atoms with Gasteiger partial charge in [-0.1, -0.05) is 13.8 Å². The van der Waals surface area contributed by atoms with Crippen LogP contribution in [0.25, 0.3) is 0 Å². The molecule has 2 nitrogen and oxygen atoms in total. The molecule has 2 heteroatoms. The van der Waals surface area contributed by atoms with E-state index in [0.717, 1.165) is 30.5 Å². The first kappa shape index (κ1) is 8.54. The van der Waals surface area contributed by atoms with E-state index in [-0.39, 0.29) is 0 Å². The Hall–Kier alpha value is -1.05. The number of nitrogens with one attached hydrogen (secondary N) is 1. The second kappa shape index (κ2) is 3.02. The smallest absolute Gasteiger partial charge is 0.164 e. The molecule has 1 aromatic rings. The molecule has 0 unspecified atom stereocenters. The molecule has 0 atom stereocenters. The van der Waals surface area contributed by atoms with E-state index < -0.39 is 0 Å². The molecule has 0 saturated carbocycles. The van der Waals surface area contributed by atoms with Gasteiger partial charge < -0.3 is 4.98 Å². The van der Waals surface area contributed by atoms with Crippen molar-refractivity contribution in [3.05, 3.63) is 23.0 Å². The Kier molecular flexibility index (Phi) is 1.98. The third-order valence-electron chi connectivity index (χ3n) is 2.72. The highest BCUT2D eigenvalue weighted by molar-refractivity contribution is 5.99. The average Bonchev–Trinajstić information content (AvgIpc) is 2.49. The zero-order valence-electron chi connectivity index (χ0n) is 8.18. The van der Waals surface area contributed by atoms with Crippen molar-refractivity contribution in [2.24, 2.45) is 0 Å². The molecule has 1 aromatic heterocycles. The van der Waals surface area contributed by atoms with Crippen molar-refractivity contribution in [1.82, 2.24) is 4.98 Å². The number of ketones is 1. The standard InChI is InChI=1S/C11H15NO/c1-7(2)8-6-12-9-4-3-5-10(13)11(8)9/h6-7,12H,3-5H2,1-2H3. The number of Topliss-reactive ketones (excluding diaryl/α,β-unsaturated/α-hetero) is 1. The first-order chi connectivity index (χ1) is 6.20. The van der Waals surface area contributed by atoms with Crippen LogP contribution in [0.5, 0.6) is 0 Å². The fraction of sp³-hybridized carbons (Fsp3) is 0.545. The van der Waals surface area contributed by atoms with E-state index >= 15 is 0 Å². The van der Waals surface area contributed by atoms with Crippen LogP contribution in [0.1, 0.15) is 54.2 Å². The fourth-order valence-corrected chi connectivity index (χ4v) is 2.02. The summed E-state index contributed by atoms with van der Waals surface area (Å²) in [6, 6.07) is 0. The van der Waals surface area contributed by atoms with Gasteiger partial charge in [0.2, 0.25) is 0 Å². The van der Waals surface area contributed by atoms with Gasteiger partial charge in [0.25, 0.3) is 0 Å². The van der Waals surface area contributed by atoms with Crippen LogP contribution in [-0.4, -0.2) is 10.8 Å². The molecule has 1 N–H and O–H groups in total. The molecular weight excluding hydrogens is 162 g/mol. The molecule has 13 heavy (non-hydrogen) atoms. The maximum absolute atomic E-state index is 11.7. The number of aryl methyl sites for hydroxylation is 1. The number of carbonyl (C=O) groups excluding carboxylic acids is 1. The third-order valence-corrected chi connectivity index (χ3v) is 2.72. The Labute approximate surface area is 78.4 Å². The molecule has 0 aromatic carbocycles. The zero-order chi connectivity index (χ0) is 9.42. The molecule has 0 fully saturated rings. The summed E-state index contributed by atoms with van der Waals surface area (Å²) in [6.07, 6.45) is 4.76. The lowest BCUT2D eigenvalue weighted by Gasteiger charge is -2.13. The zero-order valence-corrected chi connectivity index (χ0v) is 8.18. The van der Waals surface area contributed by atoms with E-state index in [0.29, 0.717) is 11.7 Å². The molecule has 0 spiro atoms. The van der Waals surface area contributed by atoms with Gasteiger partial charge in [-0.25, -0.2) is 0 Å². The molecule has 0 amide bonds. The van der Waals surface area contributed by atoms with Crippen molar-refractivity contribution in [2.45, 2.75) is 39.0 Å². The van der Waals surface area contributed by atoms with Gasteiger partial charge in [-0.3, -0.25) is 4.79 Å². The third kappa shape index (κ3) is 1.30. The summed E-state index contributed by atoms with van der Waals surface area (Å²) in [7, 11) is 0. The topological polar surface area (TPSA) is 32.9 Å². The second-order valence-electron chi connectivity index (χ2n) is 4.03. The molecule has 2 rings (SSSR count). The van der Waals surface area contributed by atoms with Gasteiger partial charge in [0.05, 0.1) is 0 Å². The molecule has 0 bridgehead atoms. The van der Waals surface area contributed by atoms with E-state index in [4.69, 9.17) is 0 Å². The average molecular weight is 177 g/mol. The lowest BCUT2D eigenvalue weighted by molar-refractivity contribution is 0.0971. The minimum absolute atomic E-state index is 0.325. The van der Waals surface area contributed by atoms with Gasteiger partial charge in [0, 0.05) is 23.9 Å². The maximum atomic E-state index is 11.7. The lowest BCUT2D eigenvalue weighted by atomic mass is 9.90. The fourth-order valence-electron chi connectivity index (χ4n) is 2.02. The number of rotatable bonds is 1. The van der Waals surface area contributed by atoms with Crippen molar-refractivity contribution < 1.29 is 4.79 Å². The highest BCUT2D eigenvalue weighted by atomic mass is 16.1. The quantitative estimate of drug-likeness (QED) is 0.702. The number of carbonyl (C=O) groups is 1. The van der Waals surface area contributed by atoms with Crippen molar-refractivity contribution in [3.63, 3.8) is 0 Å². The minimum atomic E-state index is 0.325. The minimum Gasteiger partial charge on any atom is -0.364 e. The first-order valence-corrected chi connectivity index (χ1v) is 4.93. The predicted molar refractivity (Wildman–Crippen MR) is 52.2 cm³/mol. The SMILES string of the molecule is CC(C)c1c[nH]c2c1C(=O)CCC2. The molecule has 70 valence electrons. The van der Waals surface area contributed by atoms with E-state index in [1.165, 1.54) is 5.56 Å². The lowest BCUT2D eigenvalue weighted by Crippen LogP contribution is -2.11. The van der Waals surface area contributed by atoms with E-state index in [2.05, 4.69) is 18.8 Å². The monoisotopic (exact) mass is 177 g/mol. The van der Waals surface area contributed by atoms with Gasteiger partial charge in [0.1, 0.15) is 0 Å². The molecule has 1 heterocycles. The van der Waals surface area contributed by atoms with Crippen LogP contribution in [0.2, 0.25) is 0 Å². The molecule has 0 radical (unpaired) electrons. The summed E-state index contributed by atoms with van der Waals surface area (Å²) in [5, 5.41) is 0. The van der Waals surface area contributed by atoms with Gasteiger partial charge >= 0.3 is 0 Å². The molecular formula is C11H15NO. The van der Waals surface area contributed by atoms with Crippen LogP contribution in [0, 0.1) is 0 Å². The second-order valence-corrected chi connectivity index (χ2v) is 4.03.